The molecular weight excluding hydrogens is 436 g/mol. The third kappa shape index (κ3) is 3.71. The summed E-state index contributed by atoms with van der Waals surface area (Å²) in [5, 5.41) is 8.71. The summed E-state index contributed by atoms with van der Waals surface area (Å²) >= 11 is 5.82. The van der Waals surface area contributed by atoms with E-state index < -0.39 is 45.7 Å². The van der Waals surface area contributed by atoms with E-state index in [0.29, 0.717) is 18.2 Å². The maximum Gasteiger partial charge on any atom is 0.430 e. The Morgan fingerprint density at radius 1 is 1.00 bits per heavy atom. The van der Waals surface area contributed by atoms with Crippen molar-refractivity contribution in [3.05, 3.63) is 57.6 Å². The second-order valence-corrected chi connectivity index (χ2v) is 6.39. The largest absolute Gasteiger partial charge is 0.430 e. The van der Waals surface area contributed by atoms with Crippen LogP contribution in [0.3, 0.4) is 0 Å². The van der Waals surface area contributed by atoms with Gasteiger partial charge < -0.3 is 5.11 Å². The van der Waals surface area contributed by atoms with Crippen molar-refractivity contribution in [1.82, 2.24) is 0 Å². The molecule has 0 saturated carbocycles. The molecule has 0 saturated heterocycles. The third-order valence-corrected chi connectivity index (χ3v) is 4.64. The van der Waals surface area contributed by atoms with Gasteiger partial charge in [0.15, 0.2) is 6.29 Å². The van der Waals surface area contributed by atoms with Crippen LogP contribution in [0.15, 0.2) is 24.3 Å². The predicted octanol–water partition coefficient (Wildman–Crippen LogP) is 5.97. The summed E-state index contributed by atoms with van der Waals surface area (Å²) in [6.07, 6.45) is -12.4. The minimum Gasteiger partial charge on any atom is -0.369 e. The minimum atomic E-state index is -6.12. The molecule has 2 nitrogen and oxygen atoms in total. The van der Waals surface area contributed by atoms with Gasteiger partial charge in [-0.15, -0.1) is 0 Å². The maximum atomic E-state index is 14.3. The Morgan fingerprint density at radius 2 is 1.55 bits per heavy atom. The normalized spacial score (nSPS) is 12.9. The zero-order chi connectivity index (χ0) is 22.4. The van der Waals surface area contributed by atoms with Gasteiger partial charge in [0.05, 0.1) is 5.56 Å². The highest BCUT2D eigenvalue weighted by molar-refractivity contribution is 6.33. The van der Waals surface area contributed by atoms with E-state index in [1.54, 1.807) is 0 Å². The van der Waals surface area contributed by atoms with Crippen molar-refractivity contribution in [3.8, 4) is 11.1 Å². The number of benzene rings is 2. The number of hydrogen-bond acceptors (Lipinski definition) is 2. The molecule has 0 aromatic heterocycles. The number of hydrogen-bond donors (Lipinski definition) is 1. The monoisotopic (exact) mass is 446 g/mol. The quantitative estimate of drug-likeness (QED) is 0.464. The Kier molecular flexibility index (Phi) is 6.02. The van der Waals surface area contributed by atoms with Crippen molar-refractivity contribution >= 4 is 17.9 Å². The number of carbonyl (C=O) groups is 1. The van der Waals surface area contributed by atoms with Gasteiger partial charge in [-0.1, -0.05) is 30.7 Å². The summed E-state index contributed by atoms with van der Waals surface area (Å²) in [5.74, 6) is -2.51. The summed E-state index contributed by atoms with van der Waals surface area (Å²) in [6, 6.07) is 1.91. The molecule has 29 heavy (non-hydrogen) atoms. The van der Waals surface area contributed by atoms with Crippen LogP contribution in [0.1, 0.15) is 28.4 Å². The Morgan fingerprint density at radius 3 is 1.97 bits per heavy atom. The lowest BCUT2D eigenvalue weighted by molar-refractivity contribution is -0.376. The van der Waals surface area contributed by atoms with Crippen molar-refractivity contribution in [1.29, 1.82) is 0 Å². The Labute approximate surface area is 163 Å². The first kappa shape index (κ1) is 23.1. The molecule has 0 atom stereocenters. The zero-order valence-corrected chi connectivity index (χ0v) is 15.1. The van der Waals surface area contributed by atoms with Gasteiger partial charge in [0.25, 0.3) is 5.60 Å². The number of halogens is 9. The average Bonchev–Trinajstić information content (AvgIpc) is 2.59. The molecule has 0 bridgehead atoms. The number of aliphatic hydroxyl groups is 1. The van der Waals surface area contributed by atoms with Crippen molar-refractivity contribution in [2.45, 2.75) is 31.3 Å². The summed E-state index contributed by atoms with van der Waals surface area (Å²) in [7, 11) is 0. The van der Waals surface area contributed by atoms with Crippen molar-refractivity contribution in [2.75, 3.05) is 0 Å². The van der Waals surface area contributed by atoms with Crippen molar-refractivity contribution < 1.29 is 45.0 Å². The fourth-order valence-electron chi connectivity index (χ4n) is 2.82. The molecule has 1 N–H and O–H groups in total. The van der Waals surface area contributed by atoms with Crippen LogP contribution in [0.5, 0.6) is 0 Å². The fraction of sp³-hybridized carbons (Fsp3) is 0.278. The van der Waals surface area contributed by atoms with Gasteiger partial charge in [-0.05, 0) is 29.7 Å². The molecular formula is C18H11ClF8O2. The van der Waals surface area contributed by atoms with Crippen molar-refractivity contribution in [2.24, 2.45) is 0 Å². The maximum absolute atomic E-state index is 14.3. The van der Waals surface area contributed by atoms with Crippen molar-refractivity contribution in [3.63, 3.8) is 0 Å². The van der Waals surface area contributed by atoms with Crippen LogP contribution in [0.4, 0.5) is 35.1 Å². The van der Waals surface area contributed by atoms with Gasteiger partial charge in [-0.25, -0.2) is 8.78 Å². The van der Waals surface area contributed by atoms with E-state index in [-0.39, 0.29) is 35.5 Å². The van der Waals surface area contributed by atoms with Gasteiger partial charge in [-0.3, -0.25) is 4.79 Å². The van der Waals surface area contributed by atoms with Crippen LogP contribution < -0.4 is 0 Å². The molecule has 0 aliphatic heterocycles. The van der Waals surface area contributed by atoms with Crippen LogP contribution in [0.2, 0.25) is 5.02 Å². The molecule has 0 aliphatic rings. The van der Waals surface area contributed by atoms with Crippen LogP contribution in [-0.4, -0.2) is 23.7 Å². The fourth-order valence-corrected chi connectivity index (χ4v) is 3.10. The Bertz CT molecular complexity index is 936. The molecule has 158 valence electrons. The molecule has 0 spiro atoms. The second kappa shape index (κ2) is 7.56. The summed E-state index contributed by atoms with van der Waals surface area (Å²) in [5.41, 5.74) is -8.45. The van der Waals surface area contributed by atoms with Gasteiger partial charge in [0.1, 0.15) is 11.6 Å². The molecule has 0 unspecified atom stereocenters. The lowest BCUT2D eigenvalue weighted by atomic mass is 9.89. The average molecular weight is 447 g/mol. The first-order chi connectivity index (χ1) is 13.2. The van der Waals surface area contributed by atoms with Gasteiger partial charge >= 0.3 is 12.4 Å². The lowest BCUT2D eigenvalue weighted by Crippen LogP contribution is -2.53. The van der Waals surface area contributed by atoms with Crippen LogP contribution in [-0.2, 0) is 12.0 Å². The molecule has 0 aliphatic carbocycles. The first-order valence-corrected chi connectivity index (χ1v) is 8.20. The van der Waals surface area contributed by atoms with E-state index in [1.807, 2.05) is 0 Å². The molecule has 0 radical (unpaired) electrons. The topological polar surface area (TPSA) is 37.3 Å². The number of aldehydes is 1. The first-order valence-electron chi connectivity index (χ1n) is 7.82. The highest BCUT2D eigenvalue weighted by Crippen LogP contribution is 2.51. The van der Waals surface area contributed by atoms with Gasteiger partial charge in [-0.2, -0.15) is 26.3 Å². The minimum absolute atomic E-state index is 0.0644. The highest BCUT2D eigenvalue weighted by Gasteiger charge is 2.71. The predicted molar refractivity (Wildman–Crippen MR) is 87.6 cm³/mol. The van der Waals surface area contributed by atoms with E-state index in [9.17, 15) is 45.0 Å². The molecule has 0 heterocycles. The summed E-state index contributed by atoms with van der Waals surface area (Å²) in [6.45, 7) is 1.43. The smallest absolute Gasteiger partial charge is 0.369 e. The molecule has 0 fully saturated rings. The van der Waals surface area contributed by atoms with E-state index in [2.05, 4.69) is 0 Å². The number of alkyl halides is 6. The SMILES string of the molecule is CCc1c(-c2ccc(C(O)(C(F)(F)F)C(F)(F)F)cc2Cl)cc(F)c(C=O)c1F. The third-order valence-electron chi connectivity index (χ3n) is 4.32. The van der Waals surface area contributed by atoms with E-state index in [1.165, 1.54) is 6.92 Å². The summed E-state index contributed by atoms with van der Waals surface area (Å²) in [4.78, 5) is 10.8. The molecule has 0 amide bonds. The van der Waals surface area contributed by atoms with Crippen LogP contribution in [0.25, 0.3) is 11.1 Å². The molecule has 11 heteroatoms. The standard InChI is InChI=1S/C18H11ClF8O2/c1-2-9-11(6-14(20)12(7-28)15(9)21)10-4-3-8(5-13(10)19)16(29,17(22,23)24)18(25,26)27/h3-7,29H,2H2,1H3. The van der Waals surface area contributed by atoms with Crippen LogP contribution in [0, 0.1) is 11.6 Å². The lowest BCUT2D eigenvalue weighted by Gasteiger charge is -2.33. The number of carbonyl (C=O) groups excluding carboxylic acids is 1. The van der Waals surface area contributed by atoms with Crippen LogP contribution >= 0.6 is 11.6 Å². The van der Waals surface area contributed by atoms with Gasteiger partial charge in [0, 0.05) is 16.1 Å². The zero-order valence-electron chi connectivity index (χ0n) is 14.4. The Balaban J connectivity index is 2.75. The van der Waals surface area contributed by atoms with Gasteiger partial charge in [0.2, 0.25) is 0 Å². The molecule has 2 aromatic rings. The molecule has 2 rings (SSSR count). The van der Waals surface area contributed by atoms with E-state index >= 15 is 0 Å². The van der Waals surface area contributed by atoms with E-state index in [0.717, 1.165) is 0 Å². The summed E-state index contributed by atoms with van der Waals surface area (Å²) < 4.78 is 106. The van der Waals surface area contributed by atoms with E-state index in [4.69, 9.17) is 11.6 Å². The molecule has 2 aromatic carbocycles. The highest BCUT2D eigenvalue weighted by atomic mass is 35.5. The Hall–Kier alpha value is -2.20. The number of rotatable bonds is 4. The second-order valence-electron chi connectivity index (χ2n) is 5.98.